The van der Waals surface area contributed by atoms with Gasteiger partial charge in [0.15, 0.2) is 0 Å². The molecule has 0 saturated carbocycles. The van der Waals surface area contributed by atoms with E-state index in [0.29, 0.717) is 6.61 Å². The topological polar surface area (TPSA) is 101 Å². The summed E-state index contributed by atoms with van der Waals surface area (Å²) in [4.78, 5) is 19.5. The first kappa shape index (κ1) is 22.7. The summed E-state index contributed by atoms with van der Waals surface area (Å²) in [5, 5.41) is 9.86. The minimum atomic E-state index is 0.657. The Hall–Kier alpha value is -4.50. The van der Waals surface area contributed by atoms with E-state index >= 15 is 0 Å². The van der Waals surface area contributed by atoms with Crippen LogP contribution in [0, 0.1) is 6.92 Å². The summed E-state index contributed by atoms with van der Waals surface area (Å²) >= 11 is 0. The van der Waals surface area contributed by atoms with E-state index in [4.69, 9.17) is 4.74 Å². The minimum Gasteiger partial charge on any atom is -0.491 e. The Balaban J connectivity index is 1.20. The van der Waals surface area contributed by atoms with E-state index in [2.05, 4.69) is 59.3 Å². The Labute approximate surface area is 219 Å². The van der Waals surface area contributed by atoms with Crippen molar-refractivity contribution in [3.8, 4) is 34.1 Å². The molecule has 1 fully saturated rings. The number of H-pyrrole nitrogens is 2. The normalized spacial score (nSPS) is 14.1. The summed E-state index contributed by atoms with van der Waals surface area (Å²) in [5.74, 6) is 0.758. The number of imidazole rings is 1. The molecule has 0 amide bonds. The Morgan fingerprint density at radius 3 is 2.76 bits per heavy atom. The predicted molar refractivity (Wildman–Crippen MR) is 147 cm³/mol. The zero-order chi connectivity index (χ0) is 25.5. The van der Waals surface area contributed by atoms with Crippen LogP contribution in [0.15, 0.2) is 67.5 Å². The molecule has 38 heavy (non-hydrogen) atoms. The van der Waals surface area contributed by atoms with E-state index in [-0.39, 0.29) is 0 Å². The number of nitrogens with zero attached hydrogens (tertiary/aromatic N) is 6. The zero-order valence-electron chi connectivity index (χ0n) is 21.2. The van der Waals surface area contributed by atoms with E-state index < -0.39 is 0 Å². The summed E-state index contributed by atoms with van der Waals surface area (Å²) in [5.41, 5.74) is 7.47. The van der Waals surface area contributed by atoms with Crippen LogP contribution in [-0.4, -0.2) is 65.8 Å². The first-order valence-corrected chi connectivity index (χ1v) is 13.0. The predicted octanol–water partition coefficient (Wildman–Crippen LogP) is 5.14. The number of pyridine rings is 2. The first-order valence-electron chi connectivity index (χ1n) is 13.0. The van der Waals surface area contributed by atoms with Crippen LogP contribution < -0.4 is 4.74 Å². The molecule has 0 atom stereocenters. The van der Waals surface area contributed by atoms with Gasteiger partial charge in [0.25, 0.3) is 0 Å². The van der Waals surface area contributed by atoms with Gasteiger partial charge < -0.3 is 14.3 Å². The average Bonchev–Trinajstić information content (AvgIpc) is 3.74. The number of aromatic amines is 2. The number of fused-ring (bicyclic) bond motifs is 2. The lowest BCUT2D eigenvalue weighted by atomic mass is 10.1. The van der Waals surface area contributed by atoms with Gasteiger partial charge in [-0.05, 0) is 63.2 Å². The second-order valence-corrected chi connectivity index (χ2v) is 9.84. The molecule has 190 valence electrons. The van der Waals surface area contributed by atoms with E-state index in [9.17, 15) is 0 Å². The summed E-state index contributed by atoms with van der Waals surface area (Å²) in [6, 6.07) is 12.4. The molecule has 6 aromatic rings. The maximum Gasteiger partial charge on any atom is 0.138 e. The Morgan fingerprint density at radius 2 is 1.89 bits per heavy atom. The molecule has 9 nitrogen and oxygen atoms in total. The molecule has 2 N–H and O–H groups in total. The summed E-state index contributed by atoms with van der Waals surface area (Å²) in [6.07, 6.45) is 11.8. The number of nitrogens with one attached hydrogen (secondary N) is 2. The van der Waals surface area contributed by atoms with Crippen molar-refractivity contribution in [2.45, 2.75) is 19.8 Å². The van der Waals surface area contributed by atoms with Gasteiger partial charge in [-0.1, -0.05) is 6.07 Å². The van der Waals surface area contributed by atoms with E-state index in [1.54, 1.807) is 6.20 Å². The molecule has 1 saturated heterocycles. The molecule has 0 radical (unpaired) electrons. The molecule has 0 spiro atoms. The van der Waals surface area contributed by atoms with Crippen molar-refractivity contribution < 1.29 is 4.74 Å². The highest BCUT2D eigenvalue weighted by Gasteiger charge is 2.16. The van der Waals surface area contributed by atoms with Crippen molar-refractivity contribution in [2.75, 3.05) is 26.2 Å². The van der Waals surface area contributed by atoms with Crippen LogP contribution in [0.25, 0.3) is 50.1 Å². The Kier molecular flexibility index (Phi) is 5.62. The van der Waals surface area contributed by atoms with Crippen molar-refractivity contribution in [2.24, 2.45) is 0 Å². The monoisotopic (exact) mass is 504 g/mol. The maximum atomic E-state index is 6.02. The molecule has 6 heterocycles. The van der Waals surface area contributed by atoms with E-state index in [1.807, 2.05) is 48.5 Å². The van der Waals surface area contributed by atoms with Crippen molar-refractivity contribution in [3.63, 3.8) is 0 Å². The molecular formula is C29H28N8O. The van der Waals surface area contributed by atoms with Gasteiger partial charge in [-0.3, -0.25) is 20.0 Å². The van der Waals surface area contributed by atoms with Crippen molar-refractivity contribution in [3.05, 3.63) is 73.2 Å². The van der Waals surface area contributed by atoms with Crippen LogP contribution in [0.5, 0.6) is 5.75 Å². The third-order valence-electron chi connectivity index (χ3n) is 7.22. The lowest BCUT2D eigenvalue weighted by Gasteiger charge is -2.15. The molecule has 5 aromatic heterocycles. The summed E-state index contributed by atoms with van der Waals surface area (Å²) in [7, 11) is 0. The summed E-state index contributed by atoms with van der Waals surface area (Å²) in [6.45, 7) is 5.93. The molecule has 1 aliphatic heterocycles. The molecule has 0 aliphatic carbocycles. The van der Waals surface area contributed by atoms with Crippen molar-refractivity contribution >= 4 is 21.8 Å². The SMILES string of the molecule is Cc1cn(-c2cccc3[nH]c(-c4n[nH]c5cnc(-c6cncc(OCCN7CCCC7)c6)cc45)cc23)cn1. The van der Waals surface area contributed by atoms with Crippen LogP contribution in [0.4, 0.5) is 0 Å². The molecule has 1 aromatic carbocycles. The quantitative estimate of drug-likeness (QED) is 0.312. The van der Waals surface area contributed by atoms with E-state index in [1.165, 1.54) is 25.9 Å². The third kappa shape index (κ3) is 4.20. The van der Waals surface area contributed by atoms with Gasteiger partial charge in [0, 0.05) is 40.8 Å². The molecule has 1 aliphatic rings. The molecular weight excluding hydrogens is 476 g/mol. The van der Waals surface area contributed by atoms with Crippen LogP contribution in [0.3, 0.4) is 0 Å². The lowest BCUT2D eigenvalue weighted by molar-refractivity contribution is 0.237. The number of rotatable bonds is 7. The van der Waals surface area contributed by atoms with Crippen LogP contribution >= 0.6 is 0 Å². The van der Waals surface area contributed by atoms with Gasteiger partial charge in [0.1, 0.15) is 18.1 Å². The number of likely N-dealkylation sites (tertiary alicyclic amines) is 1. The lowest BCUT2D eigenvalue weighted by Crippen LogP contribution is -2.25. The molecule has 7 rings (SSSR count). The number of aromatic nitrogens is 7. The summed E-state index contributed by atoms with van der Waals surface area (Å²) < 4.78 is 8.07. The van der Waals surface area contributed by atoms with Gasteiger partial charge in [0.05, 0.1) is 47.0 Å². The van der Waals surface area contributed by atoms with Crippen molar-refractivity contribution in [1.82, 2.24) is 39.6 Å². The maximum absolute atomic E-state index is 6.02. The molecule has 9 heteroatoms. The fraction of sp³-hybridized carbons (Fsp3) is 0.241. The highest BCUT2D eigenvalue weighted by Crippen LogP contribution is 2.33. The number of hydrogen-bond acceptors (Lipinski definition) is 6. The number of hydrogen-bond donors (Lipinski definition) is 2. The molecule has 0 bridgehead atoms. The smallest absolute Gasteiger partial charge is 0.138 e. The van der Waals surface area contributed by atoms with Gasteiger partial charge in [-0.25, -0.2) is 4.98 Å². The van der Waals surface area contributed by atoms with Crippen LogP contribution in [-0.2, 0) is 0 Å². The van der Waals surface area contributed by atoms with E-state index in [0.717, 1.165) is 68.1 Å². The number of ether oxygens (including phenoxy) is 1. The average molecular weight is 505 g/mol. The van der Waals surface area contributed by atoms with Crippen LogP contribution in [0.1, 0.15) is 18.5 Å². The Bertz CT molecular complexity index is 1740. The fourth-order valence-corrected chi connectivity index (χ4v) is 5.26. The van der Waals surface area contributed by atoms with Crippen molar-refractivity contribution in [1.29, 1.82) is 0 Å². The van der Waals surface area contributed by atoms with Crippen LogP contribution in [0.2, 0.25) is 0 Å². The standard InChI is InChI=1S/C29H28N8O/c1-19-17-37(18-32-19)28-6-4-5-24-22(28)12-26(33-24)29-23-13-25(31-16-27(23)34-35-29)20-11-21(15-30-14-20)38-10-9-36-7-2-3-8-36/h4-6,11-18,33H,2-3,7-10H2,1H3,(H,34,35). The number of benzene rings is 1. The first-order chi connectivity index (χ1) is 18.7. The largest absolute Gasteiger partial charge is 0.491 e. The Morgan fingerprint density at radius 1 is 0.974 bits per heavy atom. The fourth-order valence-electron chi connectivity index (χ4n) is 5.26. The second kappa shape index (κ2) is 9.42. The van der Waals surface area contributed by atoms with Gasteiger partial charge in [0.2, 0.25) is 0 Å². The second-order valence-electron chi connectivity index (χ2n) is 9.84. The number of aryl methyl sites for hydroxylation is 1. The zero-order valence-corrected chi connectivity index (χ0v) is 21.2. The third-order valence-corrected chi connectivity index (χ3v) is 7.22. The van der Waals surface area contributed by atoms with Gasteiger partial charge in [-0.15, -0.1) is 0 Å². The van der Waals surface area contributed by atoms with Gasteiger partial charge >= 0.3 is 0 Å². The van der Waals surface area contributed by atoms with Gasteiger partial charge in [-0.2, -0.15) is 5.10 Å². The minimum absolute atomic E-state index is 0.657. The highest BCUT2D eigenvalue weighted by molar-refractivity contribution is 5.98. The molecule has 0 unspecified atom stereocenters. The highest BCUT2D eigenvalue weighted by atomic mass is 16.5.